The molecule has 1 aromatic carbocycles. The topological polar surface area (TPSA) is 69.3 Å². The summed E-state index contributed by atoms with van der Waals surface area (Å²) in [6.07, 6.45) is -2.69. The highest BCUT2D eigenvalue weighted by Gasteiger charge is 2.48. The summed E-state index contributed by atoms with van der Waals surface area (Å²) in [4.78, 5) is 23.4. The van der Waals surface area contributed by atoms with Crippen molar-refractivity contribution < 1.29 is 18.0 Å². The van der Waals surface area contributed by atoms with Gasteiger partial charge in [0.2, 0.25) is 5.91 Å². The first-order chi connectivity index (χ1) is 14.1. The van der Waals surface area contributed by atoms with Gasteiger partial charge in [0.1, 0.15) is 5.54 Å². The van der Waals surface area contributed by atoms with Crippen molar-refractivity contribution in [2.24, 2.45) is 4.99 Å². The quantitative estimate of drug-likeness (QED) is 0.745. The summed E-state index contributed by atoms with van der Waals surface area (Å²) in [6.45, 7) is 2.39. The molecule has 3 heterocycles. The Morgan fingerprint density at radius 1 is 1.20 bits per heavy atom. The third-order valence-corrected chi connectivity index (χ3v) is 5.76. The van der Waals surface area contributed by atoms with Gasteiger partial charge in [-0.05, 0) is 62.1 Å². The van der Waals surface area contributed by atoms with E-state index in [4.69, 9.17) is 4.99 Å². The Kier molecular flexibility index (Phi) is 4.64. The minimum atomic E-state index is -4.51. The van der Waals surface area contributed by atoms with Crippen molar-refractivity contribution in [3.8, 4) is 17.2 Å². The average Bonchev–Trinajstić information content (AvgIpc) is 3.26. The van der Waals surface area contributed by atoms with Crippen LogP contribution in [-0.4, -0.2) is 40.6 Å². The number of rotatable bonds is 2. The third-order valence-electron chi connectivity index (χ3n) is 5.76. The minimum Gasteiger partial charge on any atom is -0.344 e. The molecule has 1 fully saturated rings. The standard InChI is InChI=1S/C22H19F3N4O/c1-13-9-15(17-11-16(22(23,24)25)4-3-14(17)12-26)10-19(27-13)18-5-6-21(28-18)7-8-29(2)20(21)30/h3-4,9-11H,5-8H2,1-2H3/t21-/m0/s1. The molecule has 2 aromatic rings. The smallest absolute Gasteiger partial charge is 0.344 e. The number of carbonyl (C=O) groups excluding carboxylic acids is 1. The van der Waals surface area contributed by atoms with E-state index in [0.29, 0.717) is 48.5 Å². The number of amides is 1. The highest BCUT2D eigenvalue weighted by atomic mass is 19.4. The number of nitrogens with zero attached hydrogens (tertiary/aromatic N) is 4. The van der Waals surface area contributed by atoms with Crippen molar-refractivity contribution in [3.05, 3.63) is 52.8 Å². The Morgan fingerprint density at radius 3 is 2.60 bits per heavy atom. The van der Waals surface area contributed by atoms with Gasteiger partial charge >= 0.3 is 6.18 Å². The molecule has 1 saturated heterocycles. The number of likely N-dealkylation sites (N-methyl/N-ethyl adjacent to an activating group) is 1. The number of aryl methyl sites for hydroxylation is 1. The molecule has 2 aliphatic heterocycles. The van der Waals surface area contributed by atoms with E-state index in [2.05, 4.69) is 4.98 Å². The van der Waals surface area contributed by atoms with Crippen LogP contribution in [0, 0.1) is 18.3 Å². The Balaban J connectivity index is 1.79. The molecule has 1 aromatic heterocycles. The van der Waals surface area contributed by atoms with Crippen molar-refractivity contribution in [1.29, 1.82) is 5.26 Å². The van der Waals surface area contributed by atoms with Crippen LogP contribution in [0.2, 0.25) is 0 Å². The van der Waals surface area contributed by atoms with Gasteiger partial charge in [0.25, 0.3) is 0 Å². The molecule has 1 amide bonds. The molecule has 30 heavy (non-hydrogen) atoms. The molecule has 0 bridgehead atoms. The van der Waals surface area contributed by atoms with Gasteiger partial charge in [0.05, 0.1) is 28.6 Å². The predicted octanol–water partition coefficient (Wildman–Crippen LogP) is 4.13. The van der Waals surface area contributed by atoms with Crippen molar-refractivity contribution in [2.45, 2.75) is 37.9 Å². The van der Waals surface area contributed by atoms with Gasteiger partial charge in [-0.3, -0.25) is 14.8 Å². The van der Waals surface area contributed by atoms with E-state index >= 15 is 0 Å². The van der Waals surface area contributed by atoms with E-state index in [9.17, 15) is 23.2 Å². The summed E-state index contributed by atoms with van der Waals surface area (Å²) >= 11 is 0. The largest absolute Gasteiger partial charge is 0.416 e. The van der Waals surface area contributed by atoms with E-state index in [1.54, 1.807) is 31.0 Å². The SMILES string of the molecule is Cc1cc(-c2cc(C(F)(F)F)ccc2C#N)cc(C2=N[C@@]3(CC2)CCN(C)C3=O)n1. The second-order valence-electron chi connectivity index (χ2n) is 7.82. The van der Waals surface area contributed by atoms with Crippen LogP contribution in [0.5, 0.6) is 0 Å². The van der Waals surface area contributed by atoms with Crippen molar-refractivity contribution in [3.63, 3.8) is 0 Å². The van der Waals surface area contributed by atoms with Gasteiger partial charge in [-0.25, -0.2) is 0 Å². The normalized spacial score (nSPS) is 21.3. The molecular weight excluding hydrogens is 393 g/mol. The van der Waals surface area contributed by atoms with E-state index in [1.807, 2.05) is 6.07 Å². The summed E-state index contributed by atoms with van der Waals surface area (Å²) in [5.41, 5.74) is 1.06. The maximum absolute atomic E-state index is 13.2. The number of aromatic nitrogens is 1. The highest BCUT2D eigenvalue weighted by molar-refractivity contribution is 6.05. The molecule has 0 saturated carbocycles. The number of alkyl halides is 3. The van der Waals surface area contributed by atoms with Crippen LogP contribution in [0.4, 0.5) is 13.2 Å². The van der Waals surface area contributed by atoms with Gasteiger partial charge in [-0.2, -0.15) is 18.4 Å². The number of nitriles is 1. The maximum Gasteiger partial charge on any atom is 0.416 e. The average molecular weight is 412 g/mol. The van der Waals surface area contributed by atoms with Crippen molar-refractivity contribution >= 4 is 11.6 Å². The molecule has 8 heteroatoms. The Labute approximate surface area is 171 Å². The Bertz CT molecular complexity index is 1120. The van der Waals surface area contributed by atoms with Crippen LogP contribution in [0.25, 0.3) is 11.1 Å². The van der Waals surface area contributed by atoms with E-state index < -0.39 is 17.3 Å². The fraction of sp³-hybridized carbons (Fsp3) is 0.364. The van der Waals surface area contributed by atoms with Crippen molar-refractivity contribution in [1.82, 2.24) is 9.88 Å². The zero-order valence-electron chi connectivity index (χ0n) is 16.5. The number of halogens is 3. The molecule has 1 spiro atoms. The van der Waals surface area contributed by atoms with E-state index in [0.717, 1.165) is 12.1 Å². The first-order valence-electron chi connectivity index (χ1n) is 9.58. The number of likely N-dealkylation sites (tertiary alicyclic amines) is 1. The summed E-state index contributed by atoms with van der Waals surface area (Å²) in [5, 5.41) is 9.40. The van der Waals surface area contributed by atoms with Crippen LogP contribution in [0.3, 0.4) is 0 Å². The molecule has 1 atom stereocenters. The number of benzene rings is 1. The first-order valence-corrected chi connectivity index (χ1v) is 9.58. The van der Waals surface area contributed by atoms with Gasteiger partial charge in [-0.15, -0.1) is 0 Å². The molecule has 2 aliphatic rings. The number of hydrogen-bond acceptors (Lipinski definition) is 4. The van der Waals surface area contributed by atoms with Crippen molar-refractivity contribution in [2.75, 3.05) is 13.6 Å². The summed E-state index contributed by atoms with van der Waals surface area (Å²) in [6, 6.07) is 8.35. The minimum absolute atomic E-state index is 0.00461. The number of pyridine rings is 1. The third kappa shape index (κ3) is 3.34. The zero-order chi connectivity index (χ0) is 21.7. The highest BCUT2D eigenvalue weighted by Crippen LogP contribution is 2.38. The second-order valence-corrected chi connectivity index (χ2v) is 7.82. The molecule has 0 radical (unpaired) electrons. The van der Waals surface area contributed by atoms with Crippen LogP contribution in [0.15, 0.2) is 35.3 Å². The van der Waals surface area contributed by atoms with Crippen LogP contribution >= 0.6 is 0 Å². The zero-order valence-corrected chi connectivity index (χ0v) is 16.5. The summed E-state index contributed by atoms with van der Waals surface area (Å²) in [7, 11) is 1.75. The first kappa shape index (κ1) is 20.1. The Morgan fingerprint density at radius 2 is 1.97 bits per heavy atom. The molecule has 0 aliphatic carbocycles. The number of carbonyl (C=O) groups is 1. The van der Waals surface area contributed by atoms with E-state index in [-0.39, 0.29) is 17.0 Å². The van der Waals surface area contributed by atoms with Crippen LogP contribution < -0.4 is 0 Å². The van der Waals surface area contributed by atoms with Gasteiger partial charge in [0.15, 0.2) is 0 Å². The number of hydrogen-bond donors (Lipinski definition) is 0. The molecule has 5 nitrogen and oxygen atoms in total. The van der Waals surface area contributed by atoms with Gasteiger partial charge in [-0.1, -0.05) is 0 Å². The summed E-state index contributed by atoms with van der Waals surface area (Å²) in [5.74, 6) is -0.00461. The lowest BCUT2D eigenvalue weighted by Gasteiger charge is -2.17. The molecule has 4 rings (SSSR count). The molecular formula is C22H19F3N4O. The fourth-order valence-corrected chi connectivity index (χ4v) is 4.16. The number of aliphatic imine (C=N–C) groups is 1. The van der Waals surface area contributed by atoms with E-state index in [1.165, 1.54) is 6.07 Å². The predicted molar refractivity (Wildman–Crippen MR) is 105 cm³/mol. The molecule has 0 unspecified atom stereocenters. The lowest BCUT2D eigenvalue weighted by molar-refractivity contribution is -0.137. The monoisotopic (exact) mass is 412 g/mol. The lowest BCUT2D eigenvalue weighted by Crippen LogP contribution is -2.35. The second kappa shape index (κ2) is 6.94. The van der Waals surface area contributed by atoms with Crippen LogP contribution in [-0.2, 0) is 11.0 Å². The Hall–Kier alpha value is -3.21. The van der Waals surface area contributed by atoms with Crippen LogP contribution in [0.1, 0.15) is 41.8 Å². The van der Waals surface area contributed by atoms with Gasteiger partial charge in [0, 0.05) is 24.8 Å². The maximum atomic E-state index is 13.2. The lowest BCUT2D eigenvalue weighted by atomic mass is 9.94. The summed E-state index contributed by atoms with van der Waals surface area (Å²) < 4.78 is 39.6. The molecule has 0 N–H and O–H groups in total. The van der Waals surface area contributed by atoms with Gasteiger partial charge < -0.3 is 4.90 Å². The molecule has 154 valence electrons. The fourth-order valence-electron chi connectivity index (χ4n) is 4.16.